The number of aromatic nitrogens is 3. The van der Waals surface area contributed by atoms with Crippen LogP contribution >= 0.6 is 0 Å². The van der Waals surface area contributed by atoms with Crippen molar-refractivity contribution >= 4 is 11.9 Å². The van der Waals surface area contributed by atoms with E-state index in [1.165, 1.54) is 29.1 Å². The molecular formula is C10H7N3O4. The number of aromatic carboxylic acids is 2. The molecule has 2 rings (SSSR count). The molecule has 0 aliphatic carbocycles. The van der Waals surface area contributed by atoms with Crippen molar-refractivity contribution in [2.45, 2.75) is 0 Å². The highest BCUT2D eigenvalue weighted by molar-refractivity contribution is 5.87. The Balaban J connectivity index is 2.42. The number of carboxylic acid groups (broad SMARTS) is 2. The van der Waals surface area contributed by atoms with E-state index in [0.29, 0.717) is 0 Å². The molecule has 17 heavy (non-hydrogen) atoms. The van der Waals surface area contributed by atoms with Crippen LogP contribution in [0.15, 0.2) is 30.6 Å². The number of hydrogen-bond donors (Lipinski definition) is 2. The van der Waals surface area contributed by atoms with Gasteiger partial charge in [-0.15, -0.1) is 0 Å². The van der Waals surface area contributed by atoms with Gasteiger partial charge in [-0.25, -0.2) is 19.3 Å². The van der Waals surface area contributed by atoms with Crippen molar-refractivity contribution in [3.8, 4) is 5.82 Å². The third-order valence-electron chi connectivity index (χ3n) is 2.02. The molecule has 7 nitrogen and oxygen atoms in total. The van der Waals surface area contributed by atoms with Crippen molar-refractivity contribution in [3.05, 3.63) is 41.9 Å². The number of carboxylic acids is 2. The summed E-state index contributed by atoms with van der Waals surface area (Å²) < 4.78 is 1.20. The second-order valence-electron chi connectivity index (χ2n) is 3.16. The van der Waals surface area contributed by atoms with Gasteiger partial charge in [0.1, 0.15) is 0 Å². The fraction of sp³-hybridized carbons (Fsp3) is 0. The highest BCUT2D eigenvalue weighted by Gasteiger charge is 2.10. The molecule has 0 saturated carbocycles. The van der Waals surface area contributed by atoms with Crippen molar-refractivity contribution < 1.29 is 19.8 Å². The first-order chi connectivity index (χ1) is 8.08. The summed E-state index contributed by atoms with van der Waals surface area (Å²) >= 11 is 0. The zero-order chi connectivity index (χ0) is 12.4. The quantitative estimate of drug-likeness (QED) is 0.806. The summed E-state index contributed by atoms with van der Waals surface area (Å²) in [5, 5.41) is 21.3. The largest absolute Gasteiger partial charge is 0.478 e. The Labute approximate surface area is 95.0 Å². The minimum atomic E-state index is -1.16. The van der Waals surface area contributed by atoms with Crippen molar-refractivity contribution in [1.29, 1.82) is 0 Å². The van der Waals surface area contributed by atoms with Crippen LogP contribution in [0, 0.1) is 0 Å². The van der Waals surface area contributed by atoms with Gasteiger partial charge in [0, 0.05) is 6.20 Å². The second-order valence-corrected chi connectivity index (χ2v) is 3.16. The molecule has 86 valence electrons. The Morgan fingerprint density at radius 3 is 2.53 bits per heavy atom. The SMILES string of the molecule is O=C(O)c1cnn(-c2cccc(C(=O)O)n2)c1. The molecule has 0 atom stereocenters. The first-order valence-electron chi connectivity index (χ1n) is 4.56. The molecule has 0 spiro atoms. The molecule has 2 N–H and O–H groups in total. The molecule has 0 aliphatic rings. The Morgan fingerprint density at radius 2 is 1.94 bits per heavy atom. The van der Waals surface area contributed by atoms with Gasteiger partial charge in [-0.3, -0.25) is 0 Å². The number of carbonyl (C=O) groups is 2. The third-order valence-corrected chi connectivity index (χ3v) is 2.02. The molecule has 7 heteroatoms. The molecule has 0 bridgehead atoms. The standard InChI is InChI=1S/C10H7N3O4/c14-9(15)6-4-11-13(5-6)8-3-1-2-7(12-8)10(16)17/h1-5H,(H,14,15)(H,16,17). The van der Waals surface area contributed by atoms with E-state index in [0.717, 1.165) is 6.20 Å². The monoisotopic (exact) mass is 233 g/mol. The molecule has 0 fully saturated rings. The molecule has 0 amide bonds. The molecular weight excluding hydrogens is 226 g/mol. The zero-order valence-electron chi connectivity index (χ0n) is 8.44. The molecule has 0 aromatic carbocycles. The first-order valence-corrected chi connectivity index (χ1v) is 4.56. The van der Waals surface area contributed by atoms with E-state index in [2.05, 4.69) is 10.1 Å². The summed E-state index contributed by atoms with van der Waals surface area (Å²) in [6.45, 7) is 0. The molecule has 2 heterocycles. The van der Waals surface area contributed by atoms with Crippen molar-refractivity contribution in [1.82, 2.24) is 14.8 Å². The lowest BCUT2D eigenvalue weighted by Crippen LogP contribution is -2.05. The minimum absolute atomic E-state index is 0.00697. The fourth-order valence-electron chi connectivity index (χ4n) is 1.23. The van der Waals surface area contributed by atoms with E-state index in [1.807, 2.05) is 0 Å². The Bertz CT molecular complexity index is 591. The van der Waals surface area contributed by atoms with Crippen LogP contribution in [0.5, 0.6) is 0 Å². The lowest BCUT2D eigenvalue weighted by molar-refractivity contribution is 0.0682. The summed E-state index contributed by atoms with van der Waals surface area (Å²) in [4.78, 5) is 25.2. The number of hydrogen-bond acceptors (Lipinski definition) is 4. The van der Waals surface area contributed by atoms with Crippen LogP contribution in [0.25, 0.3) is 5.82 Å². The van der Waals surface area contributed by atoms with Crippen molar-refractivity contribution in [3.63, 3.8) is 0 Å². The molecule has 0 aliphatic heterocycles. The van der Waals surface area contributed by atoms with Gasteiger partial charge in [0.05, 0.1) is 11.8 Å². The van der Waals surface area contributed by atoms with Gasteiger partial charge in [0.2, 0.25) is 0 Å². The summed E-state index contributed by atoms with van der Waals surface area (Å²) in [5.74, 6) is -2.01. The molecule has 2 aromatic heterocycles. The number of rotatable bonds is 3. The Morgan fingerprint density at radius 1 is 1.18 bits per heavy atom. The van der Waals surface area contributed by atoms with Gasteiger partial charge in [-0.05, 0) is 12.1 Å². The maximum absolute atomic E-state index is 10.7. The average molecular weight is 233 g/mol. The average Bonchev–Trinajstić information content (AvgIpc) is 2.78. The second kappa shape index (κ2) is 4.05. The predicted octanol–water partition coefficient (Wildman–Crippen LogP) is 0.664. The Kier molecular flexibility index (Phi) is 2.57. The fourth-order valence-corrected chi connectivity index (χ4v) is 1.23. The van der Waals surface area contributed by atoms with Gasteiger partial charge in [0.15, 0.2) is 11.5 Å². The van der Waals surface area contributed by atoms with E-state index in [9.17, 15) is 9.59 Å². The van der Waals surface area contributed by atoms with Gasteiger partial charge in [0.25, 0.3) is 0 Å². The molecule has 0 radical (unpaired) electrons. The van der Waals surface area contributed by atoms with Crippen molar-refractivity contribution in [2.75, 3.05) is 0 Å². The third kappa shape index (κ3) is 2.12. The summed E-state index contributed by atoms with van der Waals surface area (Å²) in [5.41, 5.74) is -0.123. The molecule has 0 unspecified atom stereocenters. The topological polar surface area (TPSA) is 105 Å². The van der Waals surface area contributed by atoms with E-state index < -0.39 is 11.9 Å². The Hall–Kier alpha value is -2.70. The number of nitrogens with zero attached hydrogens (tertiary/aromatic N) is 3. The van der Waals surface area contributed by atoms with Crippen LogP contribution < -0.4 is 0 Å². The summed E-state index contributed by atoms with van der Waals surface area (Å²) in [6.07, 6.45) is 2.42. The van der Waals surface area contributed by atoms with Crippen molar-refractivity contribution in [2.24, 2.45) is 0 Å². The maximum atomic E-state index is 10.7. The van der Waals surface area contributed by atoms with Crippen LogP contribution in [0.1, 0.15) is 20.8 Å². The van der Waals surface area contributed by atoms with Crippen LogP contribution in [0.3, 0.4) is 0 Å². The predicted molar refractivity (Wildman–Crippen MR) is 55.3 cm³/mol. The smallest absolute Gasteiger partial charge is 0.354 e. The normalized spacial score (nSPS) is 10.1. The summed E-state index contributed by atoms with van der Waals surface area (Å²) in [7, 11) is 0. The lowest BCUT2D eigenvalue weighted by atomic mass is 10.3. The number of pyridine rings is 1. The lowest BCUT2D eigenvalue weighted by Gasteiger charge is -2.00. The van der Waals surface area contributed by atoms with Crippen LogP contribution in [-0.2, 0) is 0 Å². The highest BCUT2D eigenvalue weighted by atomic mass is 16.4. The minimum Gasteiger partial charge on any atom is -0.478 e. The van der Waals surface area contributed by atoms with Gasteiger partial charge in [-0.2, -0.15) is 5.10 Å². The van der Waals surface area contributed by atoms with Crippen LogP contribution in [-0.4, -0.2) is 36.9 Å². The van der Waals surface area contributed by atoms with Crippen LogP contribution in [0.4, 0.5) is 0 Å². The zero-order valence-corrected chi connectivity index (χ0v) is 8.44. The van der Waals surface area contributed by atoms with E-state index in [4.69, 9.17) is 10.2 Å². The van der Waals surface area contributed by atoms with E-state index in [-0.39, 0.29) is 17.1 Å². The maximum Gasteiger partial charge on any atom is 0.354 e. The van der Waals surface area contributed by atoms with Gasteiger partial charge in [-0.1, -0.05) is 6.07 Å². The van der Waals surface area contributed by atoms with Gasteiger partial charge < -0.3 is 10.2 Å². The van der Waals surface area contributed by atoms with Crippen LogP contribution in [0.2, 0.25) is 0 Å². The molecule has 0 saturated heterocycles. The van der Waals surface area contributed by atoms with E-state index >= 15 is 0 Å². The first kappa shape index (κ1) is 10.8. The highest BCUT2D eigenvalue weighted by Crippen LogP contribution is 2.07. The van der Waals surface area contributed by atoms with Gasteiger partial charge >= 0.3 is 11.9 Å². The summed E-state index contributed by atoms with van der Waals surface area (Å²) in [6, 6.07) is 4.38. The van der Waals surface area contributed by atoms with E-state index in [1.54, 1.807) is 0 Å². The molecule has 2 aromatic rings.